The minimum atomic E-state index is -0.467. The Morgan fingerprint density at radius 2 is 2.15 bits per heavy atom. The van der Waals surface area contributed by atoms with E-state index in [1.54, 1.807) is 11.3 Å². The number of nitrogen functional groups attached to an aromatic ring is 1. The van der Waals surface area contributed by atoms with Crippen LogP contribution in [0.2, 0.25) is 0 Å². The fourth-order valence-electron chi connectivity index (χ4n) is 1.97. The SMILES string of the molecule is Cc1ccc(CC(C)NC(=O)c2cc(F)ccc2N)s1. The van der Waals surface area contributed by atoms with Crippen LogP contribution in [0.1, 0.15) is 27.0 Å². The summed E-state index contributed by atoms with van der Waals surface area (Å²) in [6, 6.07) is 7.87. The van der Waals surface area contributed by atoms with Gasteiger partial charge in [0, 0.05) is 27.9 Å². The van der Waals surface area contributed by atoms with Crippen molar-refractivity contribution in [3.63, 3.8) is 0 Å². The van der Waals surface area contributed by atoms with Crippen molar-refractivity contribution in [2.24, 2.45) is 0 Å². The van der Waals surface area contributed by atoms with Gasteiger partial charge in [0.15, 0.2) is 0 Å². The molecule has 0 bridgehead atoms. The van der Waals surface area contributed by atoms with E-state index in [1.165, 1.54) is 21.9 Å². The van der Waals surface area contributed by atoms with Gasteiger partial charge in [0.2, 0.25) is 0 Å². The van der Waals surface area contributed by atoms with Crippen molar-refractivity contribution in [3.8, 4) is 0 Å². The molecule has 0 spiro atoms. The molecule has 0 radical (unpaired) electrons. The standard InChI is InChI=1S/C15H17FN2OS/c1-9(7-12-5-3-10(2)20-12)18-15(19)13-8-11(16)4-6-14(13)17/h3-6,8-9H,7,17H2,1-2H3,(H,18,19). The number of benzene rings is 1. The van der Waals surface area contributed by atoms with Gasteiger partial charge in [-0.15, -0.1) is 11.3 Å². The number of hydrogen-bond donors (Lipinski definition) is 2. The molecule has 1 atom stereocenters. The van der Waals surface area contributed by atoms with Crippen LogP contribution in [0, 0.1) is 12.7 Å². The third-order valence-corrected chi connectivity index (χ3v) is 3.96. The van der Waals surface area contributed by atoms with Gasteiger partial charge < -0.3 is 11.1 Å². The number of carbonyl (C=O) groups is 1. The van der Waals surface area contributed by atoms with E-state index in [0.717, 1.165) is 12.5 Å². The third kappa shape index (κ3) is 3.57. The third-order valence-electron chi connectivity index (χ3n) is 2.94. The number of thiophene rings is 1. The van der Waals surface area contributed by atoms with Gasteiger partial charge in [0.05, 0.1) is 5.56 Å². The summed E-state index contributed by atoms with van der Waals surface area (Å²) in [4.78, 5) is 14.5. The van der Waals surface area contributed by atoms with Crippen molar-refractivity contribution in [1.29, 1.82) is 0 Å². The number of hydrogen-bond acceptors (Lipinski definition) is 3. The van der Waals surface area contributed by atoms with Gasteiger partial charge in [-0.2, -0.15) is 0 Å². The second kappa shape index (κ2) is 6.05. The molecule has 0 saturated heterocycles. The van der Waals surface area contributed by atoms with Crippen LogP contribution >= 0.6 is 11.3 Å². The van der Waals surface area contributed by atoms with E-state index in [4.69, 9.17) is 5.73 Å². The van der Waals surface area contributed by atoms with Crippen LogP contribution in [0.25, 0.3) is 0 Å². The van der Waals surface area contributed by atoms with Crippen LogP contribution in [0.5, 0.6) is 0 Å². The molecule has 2 rings (SSSR count). The highest BCUT2D eigenvalue weighted by atomic mass is 32.1. The van der Waals surface area contributed by atoms with Crippen molar-refractivity contribution >= 4 is 22.9 Å². The lowest BCUT2D eigenvalue weighted by atomic mass is 10.1. The Hall–Kier alpha value is -1.88. The van der Waals surface area contributed by atoms with E-state index in [1.807, 2.05) is 13.8 Å². The van der Waals surface area contributed by atoms with Crippen molar-refractivity contribution in [2.75, 3.05) is 5.73 Å². The first kappa shape index (κ1) is 14.5. The number of nitrogens with one attached hydrogen (secondary N) is 1. The molecule has 0 aliphatic heterocycles. The Balaban J connectivity index is 2.02. The van der Waals surface area contributed by atoms with E-state index < -0.39 is 5.82 Å². The minimum Gasteiger partial charge on any atom is -0.398 e. The van der Waals surface area contributed by atoms with Gasteiger partial charge >= 0.3 is 0 Å². The second-order valence-electron chi connectivity index (χ2n) is 4.82. The molecule has 5 heteroatoms. The molecule has 2 aromatic rings. The lowest BCUT2D eigenvalue weighted by Gasteiger charge is -2.14. The number of anilines is 1. The fraction of sp³-hybridized carbons (Fsp3) is 0.267. The predicted octanol–water partition coefficient (Wildman–Crippen LogP) is 3.14. The summed E-state index contributed by atoms with van der Waals surface area (Å²) in [6.45, 7) is 3.97. The average Bonchev–Trinajstić information content (AvgIpc) is 2.77. The molecule has 1 amide bonds. The first-order chi connectivity index (χ1) is 9.45. The largest absolute Gasteiger partial charge is 0.398 e. The summed E-state index contributed by atoms with van der Waals surface area (Å²) >= 11 is 1.71. The van der Waals surface area contributed by atoms with Gasteiger partial charge in [-0.25, -0.2) is 4.39 Å². The zero-order valence-electron chi connectivity index (χ0n) is 11.4. The van der Waals surface area contributed by atoms with Crippen LogP contribution in [-0.4, -0.2) is 11.9 Å². The molecular weight excluding hydrogens is 275 g/mol. The van der Waals surface area contributed by atoms with Crippen LogP contribution in [-0.2, 0) is 6.42 Å². The topological polar surface area (TPSA) is 55.1 Å². The number of amides is 1. The quantitative estimate of drug-likeness (QED) is 0.851. The Labute approximate surface area is 121 Å². The molecule has 1 unspecified atom stereocenters. The highest BCUT2D eigenvalue weighted by Gasteiger charge is 2.14. The maximum Gasteiger partial charge on any atom is 0.253 e. The maximum absolute atomic E-state index is 13.2. The van der Waals surface area contributed by atoms with Gasteiger partial charge in [0.25, 0.3) is 5.91 Å². The van der Waals surface area contributed by atoms with Crippen LogP contribution in [0.4, 0.5) is 10.1 Å². The van der Waals surface area contributed by atoms with Gasteiger partial charge in [-0.3, -0.25) is 4.79 Å². The molecule has 20 heavy (non-hydrogen) atoms. The van der Waals surface area contributed by atoms with E-state index in [0.29, 0.717) is 0 Å². The summed E-state index contributed by atoms with van der Waals surface area (Å²) in [5, 5.41) is 2.84. The molecule has 1 heterocycles. The Bertz CT molecular complexity index is 624. The predicted molar refractivity (Wildman–Crippen MR) is 80.5 cm³/mol. The number of nitrogens with two attached hydrogens (primary N) is 1. The highest BCUT2D eigenvalue weighted by Crippen LogP contribution is 2.17. The van der Waals surface area contributed by atoms with Gasteiger partial charge in [-0.1, -0.05) is 0 Å². The Kier molecular flexibility index (Phi) is 4.39. The first-order valence-corrected chi connectivity index (χ1v) is 7.18. The zero-order valence-corrected chi connectivity index (χ0v) is 12.3. The van der Waals surface area contributed by atoms with E-state index in [-0.39, 0.29) is 23.2 Å². The zero-order chi connectivity index (χ0) is 14.7. The summed E-state index contributed by atoms with van der Waals surface area (Å²) in [7, 11) is 0. The smallest absolute Gasteiger partial charge is 0.253 e. The summed E-state index contributed by atoms with van der Waals surface area (Å²) in [5.41, 5.74) is 6.16. The molecule has 3 nitrogen and oxygen atoms in total. The van der Waals surface area contributed by atoms with E-state index >= 15 is 0 Å². The minimum absolute atomic E-state index is 0.0387. The number of halogens is 1. The molecule has 0 fully saturated rings. The number of rotatable bonds is 4. The average molecular weight is 292 g/mol. The summed E-state index contributed by atoms with van der Waals surface area (Å²) < 4.78 is 13.2. The maximum atomic E-state index is 13.2. The Morgan fingerprint density at radius 1 is 1.40 bits per heavy atom. The molecule has 3 N–H and O–H groups in total. The van der Waals surface area contributed by atoms with Gasteiger partial charge in [-0.05, 0) is 44.2 Å². The van der Waals surface area contributed by atoms with Crippen LogP contribution in [0.15, 0.2) is 30.3 Å². The molecule has 106 valence electrons. The Morgan fingerprint density at radius 3 is 2.80 bits per heavy atom. The summed E-state index contributed by atoms with van der Waals surface area (Å²) in [6.07, 6.45) is 0.749. The van der Waals surface area contributed by atoms with Crippen molar-refractivity contribution in [3.05, 3.63) is 51.5 Å². The number of aryl methyl sites for hydroxylation is 1. The molecular formula is C15H17FN2OS. The molecule has 1 aromatic carbocycles. The molecule has 0 aliphatic carbocycles. The lowest BCUT2D eigenvalue weighted by molar-refractivity contribution is 0.0940. The molecule has 0 saturated carbocycles. The lowest BCUT2D eigenvalue weighted by Crippen LogP contribution is -2.34. The van der Waals surface area contributed by atoms with Crippen molar-refractivity contribution < 1.29 is 9.18 Å². The number of carbonyl (C=O) groups excluding carboxylic acids is 1. The van der Waals surface area contributed by atoms with E-state index in [2.05, 4.69) is 17.4 Å². The fourth-order valence-corrected chi connectivity index (χ4v) is 2.99. The van der Waals surface area contributed by atoms with E-state index in [9.17, 15) is 9.18 Å². The first-order valence-electron chi connectivity index (χ1n) is 6.37. The van der Waals surface area contributed by atoms with Crippen molar-refractivity contribution in [1.82, 2.24) is 5.32 Å². The van der Waals surface area contributed by atoms with Crippen molar-refractivity contribution in [2.45, 2.75) is 26.3 Å². The molecule has 1 aromatic heterocycles. The molecule has 0 aliphatic rings. The monoisotopic (exact) mass is 292 g/mol. The highest BCUT2D eigenvalue weighted by molar-refractivity contribution is 7.11. The van der Waals surface area contributed by atoms with Crippen LogP contribution < -0.4 is 11.1 Å². The second-order valence-corrected chi connectivity index (χ2v) is 6.20. The summed E-state index contributed by atoms with van der Waals surface area (Å²) in [5.74, 6) is -0.811. The normalized spacial score (nSPS) is 12.2. The van der Waals surface area contributed by atoms with Gasteiger partial charge in [0.1, 0.15) is 5.82 Å². The van der Waals surface area contributed by atoms with Crippen LogP contribution in [0.3, 0.4) is 0 Å².